The first-order chi connectivity index (χ1) is 26.1. The largest absolute Gasteiger partial charge is 0.355 e. The number of benzene rings is 3. The van der Waals surface area contributed by atoms with Gasteiger partial charge in [-0.1, -0.05) is 44.2 Å². The van der Waals surface area contributed by atoms with E-state index < -0.39 is 57.7 Å². The van der Waals surface area contributed by atoms with Crippen molar-refractivity contribution in [3.8, 4) is 0 Å². The van der Waals surface area contributed by atoms with E-state index in [4.69, 9.17) is 0 Å². The second-order valence-electron chi connectivity index (χ2n) is 13.4. The Balaban J connectivity index is 1.61. The summed E-state index contributed by atoms with van der Waals surface area (Å²) in [6.07, 6.45) is 0.286. The fraction of sp³-hybridized carbons (Fsp3) is 0.359. The van der Waals surface area contributed by atoms with E-state index in [9.17, 15) is 32.0 Å². The van der Waals surface area contributed by atoms with E-state index in [2.05, 4.69) is 31.6 Å². The lowest BCUT2D eigenvalue weighted by atomic mass is 10.0. The second kappa shape index (κ2) is 19.4. The summed E-state index contributed by atoms with van der Waals surface area (Å²) in [4.78, 5) is 57.8. The molecule has 0 fully saturated rings. The van der Waals surface area contributed by atoms with Crippen LogP contribution in [0.3, 0.4) is 0 Å². The van der Waals surface area contributed by atoms with Crippen LogP contribution in [-0.4, -0.2) is 75.3 Å². The number of likely N-dealkylation sites (N-methyl/N-ethyl adjacent to an activating group) is 1. The number of carbonyl (C=O) groups is 4. The number of hydrogen-bond donors (Lipinski definition) is 5. The predicted octanol–water partition coefficient (Wildman–Crippen LogP) is 4.19. The van der Waals surface area contributed by atoms with Gasteiger partial charge in [-0.2, -0.15) is 0 Å². The van der Waals surface area contributed by atoms with Gasteiger partial charge in [-0.3, -0.25) is 23.5 Å². The number of anilines is 1. The third-order valence-corrected chi connectivity index (χ3v) is 11.3. The molecule has 4 atom stereocenters. The van der Waals surface area contributed by atoms with E-state index in [0.29, 0.717) is 17.8 Å². The first kappa shape index (κ1) is 42.6. The maximum Gasteiger partial charge on any atom is 0.264 e. The van der Waals surface area contributed by atoms with Crippen LogP contribution >= 0.6 is 11.3 Å². The molecular weight excluding hydrogens is 746 g/mol. The normalized spacial score (nSPS) is 13.6. The molecule has 0 radical (unpaired) electrons. The van der Waals surface area contributed by atoms with Crippen molar-refractivity contribution >= 4 is 50.7 Å². The van der Waals surface area contributed by atoms with Gasteiger partial charge in [-0.15, -0.1) is 11.3 Å². The van der Waals surface area contributed by atoms with Crippen molar-refractivity contribution in [2.24, 2.45) is 5.92 Å². The van der Waals surface area contributed by atoms with Gasteiger partial charge >= 0.3 is 0 Å². The van der Waals surface area contributed by atoms with E-state index in [0.717, 1.165) is 4.31 Å². The van der Waals surface area contributed by atoms with Crippen LogP contribution < -0.4 is 30.9 Å². The molecular formula is C39H48FN7O6S2. The summed E-state index contributed by atoms with van der Waals surface area (Å²) in [5, 5.41) is 16.3. The van der Waals surface area contributed by atoms with Gasteiger partial charge < -0.3 is 26.6 Å². The molecule has 0 bridgehead atoms. The van der Waals surface area contributed by atoms with Gasteiger partial charge in [-0.05, 0) is 74.7 Å². The minimum atomic E-state index is -4.10. The van der Waals surface area contributed by atoms with Crippen molar-refractivity contribution < 1.29 is 32.0 Å². The second-order valence-corrected chi connectivity index (χ2v) is 16.1. The van der Waals surface area contributed by atoms with Gasteiger partial charge in [0, 0.05) is 49.1 Å². The lowest BCUT2D eigenvalue weighted by molar-refractivity contribution is -0.130. The monoisotopic (exact) mass is 793 g/mol. The van der Waals surface area contributed by atoms with Gasteiger partial charge in [0.25, 0.3) is 21.8 Å². The topological polar surface area (TPSA) is 179 Å². The molecule has 4 amide bonds. The van der Waals surface area contributed by atoms with Crippen molar-refractivity contribution in [1.29, 1.82) is 0 Å². The third-order valence-electron chi connectivity index (χ3n) is 8.86. The summed E-state index contributed by atoms with van der Waals surface area (Å²) in [5.41, 5.74) is 3.07. The van der Waals surface area contributed by atoms with E-state index >= 15 is 0 Å². The van der Waals surface area contributed by atoms with Crippen molar-refractivity contribution in [2.75, 3.05) is 24.4 Å². The van der Waals surface area contributed by atoms with Gasteiger partial charge in [0.05, 0.1) is 33.9 Å². The molecule has 1 aromatic heterocycles. The molecule has 4 rings (SSSR count). The average Bonchev–Trinajstić information content (AvgIpc) is 3.68. The van der Waals surface area contributed by atoms with E-state index in [-0.39, 0.29) is 46.5 Å². The maximum atomic E-state index is 14.0. The number of rotatable bonds is 18. The fourth-order valence-electron chi connectivity index (χ4n) is 5.60. The van der Waals surface area contributed by atoms with Crippen LogP contribution in [0.25, 0.3) is 0 Å². The van der Waals surface area contributed by atoms with Crippen LogP contribution in [0.4, 0.5) is 10.1 Å². The summed E-state index contributed by atoms with van der Waals surface area (Å²) < 4.78 is 41.8. The quantitative estimate of drug-likeness (QED) is 0.0996. The average molecular weight is 794 g/mol. The smallest absolute Gasteiger partial charge is 0.264 e. The van der Waals surface area contributed by atoms with E-state index in [1.165, 1.54) is 60.8 Å². The van der Waals surface area contributed by atoms with Crippen LogP contribution in [-0.2, 0) is 26.0 Å². The molecule has 4 aromatic rings. The van der Waals surface area contributed by atoms with Crippen molar-refractivity contribution in [3.63, 3.8) is 0 Å². The van der Waals surface area contributed by atoms with Gasteiger partial charge in [-0.25, -0.2) is 17.8 Å². The van der Waals surface area contributed by atoms with Crippen molar-refractivity contribution in [2.45, 2.75) is 70.1 Å². The molecule has 1 heterocycles. The summed E-state index contributed by atoms with van der Waals surface area (Å²) in [6, 6.07) is 14.9. The molecule has 294 valence electrons. The van der Waals surface area contributed by atoms with Crippen molar-refractivity contribution in [3.05, 3.63) is 112 Å². The van der Waals surface area contributed by atoms with Crippen LogP contribution in [0.15, 0.2) is 88.6 Å². The van der Waals surface area contributed by atoms with Crippen LogP contribution in [0, 0.1) is 11.7 Å². The Morgan fingerprint density at radius 3 is 2.07 bits per heavy atom. The number of nitrogens with zero attached hydrogens (tertiary/aromatic N) is 2. The Kier molecular flexibility index (Phi) is 15.0. The zero-order valence-electron chi connectivity index (χ0n) is 31.6. The summed E-state index contributed by atoms with van der Waals surface area (Å²) in [7, 11) is -2.77. The molecule has 0 aliphatic heterocycles. The lowest BCUT2D eigenvalue weighted by Gasteiger charge is -2.25. The van der Waals surface area contributed by atoms with Gasteiger partial charge in [0.15, 0.2) is 0 Å². The molecule has 55 heavy (non-hydrogen) atoms. The molecule has 0 saturated heterocycles. The molecule has 5 N–H and O–H groups in total. The number of sulfonamides is 1. The molecule has 0 aliphatic rings. The van der Waals surface area contributed by atoms with Crippen molar-refractivity contribution in [1.82, 2.24) is 31.6 Å². The van der Waals surface area contributed by atoms with Gasteiger partial charge in [0.1, 0.15) is 11.9 Å². The summed E-state index contributed by atoms with van der Waals surface area (Å²) in [5.74, 6) is -2.46. The molecule has 0 spiro atoms. The first-order valence-electron chi connectivity index (χ1n) is 17.9. The van der Waals surface area contributed by atoms with E-state index in [1.54, 1.807) is 56.6 Å². The number of carbonyl (C=O) groups excluding carboxylic acids is 4. The van der Waals surface area contributed by atoms with Crippen LogP contribution in [0.2, 0.25) is 0 Å². The maximum absolute atomic E-state index is 14.0. The first-order valence-corrected chi connectivity index (χ1v) is 20.2. The number of halogens is 1. The highest BCUT2D eigenvalue weighted by Gasteiger charge is 2.28. The molecule has 16 heteroatoms. The summed E-state index contributed by atoms with van der Waals surface area (Å²) in [6.45, 7) is 9.38. The Bertz CT molecular complexity index is 2030. The number of amides is 4. The highest BCUT2D eigenvalue weighted by atomic mass is 32.2. The third kappa shape index (κ3) is 11.7. The summed E-state index contributed by atoms with van der Waals surface area (Å²) >= 11 is 1.39. The molecule has 0 aliphatic carbocycles. The minimum Gasteiger partial charge on any atom is -0.355 e. The number of thiazole rings is 1. The SMILES string of the molecule is CCNC(=O)[C@@H](NC(=O)[C@H](C)NC[C@H](Cc1cscn1)NC(=O)c1cc(C(=O)N[C@H](C)c2ccc(F)cc2)cc(N(C)S(=O)(=O)c2ccccc2)c1)C(C)C. The van der Waals surface area contributed by atoms with Gasteiger partial charge in [0.2, 0.25) is 11.8 Å². The zero-order chi connectivity index (χ0) is 40.3. The fourth-order valence-corrected chi connectivity index (χ4v) is 7.37. The molecule has 0 unspecified atom stereocenters. The lowest BCUT2D eigenvalue weighted by Crippen LogP contribution is -2.55. The number of hydrogen-bond acceptors (Lipinski definition) is 9. The number of aromatic nitrogens is 1. The molecule has 0 saturated carbocycles. The van der Waals surface area contributed by atoms with E-state index in [1.807, 2.05) is 19.2 Å². The molecule has 13 nitrogen and oxygen atoms in total. The Morgan fingerprint density at radius 1 is 0.855 bits per heavy atom. The van der Waals surface area contributed by atoms with Crippen LogP contribution in [0.5, 0.6) is 0 Å². The van der Waals surface area contributed by atoms with Crippen LogP contribution in [0.1, 0.15) is 72.6 Å². The Morgan fingerprint density at radius 2 is 1.49 bits per heavy atom. The highest BCUT2D eigenvalue weighted by molar-refractivity contribution is 7.92. The Labute approximate surface area is 325 Å². The standard InChI is InChI=1S/C39H48FN7O6S2/c1-7-41-39(51)35(24(2)3)46-36(48)26(5)42-21-31(20-32-22-54-23-43-32)45-38(50)29-17-28(37(49)44-25(4)27-13-15-30(40)16-14-27)18-33(19-29)47(6)55(52,53)34-11-9-8-10-12-34/h8-19,22-26,31,35,42H,7,20-21H2,1-6H3,(H,41,51)(H,44,49)(H,45,50)(H,46,48)/t25-,26+,31+,35+/m1/s1. The number of nitrogens with one attached hydrogen (secondary N) is 5. The minimum absolute atomic E-state index is 0.00276. The predicted molar refractivity (Wildman–Crippen MR) is 211 cm³/mol. The zero-order valence-corrected chi connectivity index (χ0v) is 33.3. The highest BCUT2D eigenvalue weighted by Crippen LogP contribution is 2.26. The molecule has 3 aromatic carbocycles. The Hall–Kier alpha value is -5.19.